The molecule has 2 aliphatic heterocycles. The largest absolute Gasteiger partial charge is 0.382 e. The van der Waals surface area contributed by atoms with E-state index in [2.05, 4.69) is 20.3 Å². The second kappa shape index (κ2) is 10.3. The Hall–Kier alpha value is -4.62. The maximum atomic E-state index is 13.4. The van der Waals surface area contributed by atoms with Gasteiger partial charge in [-0.2, -0.15) is 14.7 Å². The topological polar surface area (TPSA) is 178 Å². The second-order valence-corrected chi connectivity index (χ2v) is 13.3. The summed E-state index contributed by atoms with van der Waals surface area (Å²) in [6.07, 6.45) is 7.33. The van der Waals surface area contributed by atoms with Crippen LogP contribution in [0.5, 0.6) is 0 Å². The summed E-state index contributed by atoms with van der Waals surface area (Å²) in [5.74, 6) is -0.323. The lowest BCUT2D eigenvalue weighted by atomic mass is 9.87. The van der Waals surface area contributed by atoms with Gasteiger partial charge in [-0.05, 0) is 37.8 Å². The van der Waals surface area contributed by atoms with Gasteiger partial charge in [0, 0.05) is 59.4 Å². The van der Waals surface area contributed by atoms with Crippen LogP contribution in [0.2, 0.25) is 0 Å². The number of rotatable bonds is 6. The van der Waals surface area contributed by atoms with Gasteiger partial charge in [-0.1, -0.05) is 36.4 Å². The van der Waals surface area contributed by atoms with E-state index in [0.29, 0.717) is 41.1 Å². The lowest BCUT2D eigenvalue weighted by Gasteiger charge is -2.39. The number of carbonyl (C=O) groups is 1. The summed E-state index contributed by atoms with van der Waals surface area (Å²) in [7, 11) is -3.75. The molecule has 5 aromatic rings. The van der Waals surface area contributed by atoms with E-state index in [1.165, 1.54) is 4.52 Å². The molecular weight excluding hydrogens is 566 g/mol. The summed E-state index contributed by atoms with van der Waals surface area (Å²) in [5, 5.41) is 11.4. The van der Waals surface area contributed by atoms with Crippen molar-refractivity contribution in [3.63, 3.8) is 0 Å². The molecule has 220 valence electrons. The van der Waals surface area contributed by atoms with E-state index in [1.807, 2.05) is 47.4 Å². The molecule has 0 saturated carbocycles. The van der Waals surface area contributed by atoms with Crippen molar-refractivity contribution in [2.24, 2.45) is 5.73 Å². The maximum absolute atomic E-state index is 13.4. The van der Waals surface area contributed by atoms with Crippen molar-refractivity contribution >= 4 is 27.2 Å². The molecule has 2 saturated heterocycles. The van der Waals surface area contributed by atoms with E-state index in [1.54, 1.807) is 18.5 Å². The van der Waals surface area contributed by atoms with Crippen molar-refractivity contribution in [2.75, 3.05) is 12.0 Å². The molecular formula is C30H31N9O3S. The fourth-order valence-corrected chi connectivity index (χ4v) is 7.71. The van der Waals surface area contributed by atoms with E-state index >= 15 is 0 Å². The molecule has 12 nitrogen and oxygen atoms in total. The molecule has 1 aromatic carbocycles. The van der Waals surface area contributed by atoms with Crippen molar-refractivity contribution < 1.29 is 13.2 Å². The number of nitrogens with one attached hydrogen (secondary N) is 1. The van der Waals surface area contributed by atoms with E-state index in [9.17, 15) is 13.2 Å². The third-order valence-corrected chi connectivity index (χ3v) is 9.76. The summed E-state index contributed by atoms with van der Waals surface area (Å²) in [6, 6.07) is 15.3. The zero-order chi connectivity index (χ0) is 29.9. The summed E-state index contributed by atoms with van der Waals surface area (Å²) >= 11 is 0. The van der Waals surface area contributed by atoms with Crippen molar-refractivity contribution in [3.05, 3.63) is 78.0 Å². The molecule has 43 heavy (non-hydrogen) atoms. The summed E-state index contributed by atoms with van der Waals surface area (Å²) in [5.41, 5.74) is 17.5. The highest BCUT2D eigenvalue weighted by molar-refractivity contribution is 7.91. The number of nitrogens with two attached hydrogens (primary N) is 2. The SMILES string of the molecule is CS(=O)(=O)c1c(C2CC3CCC(C2)N3C(=O)c2cc(CN)[nH]n2)nc2c(-c3ccc(-c4ccccc4)nc3)cnn2c1N. The summed E-state index contributed by atoms with van der Waals surface area (Å²) in [6.45, 7) is 0.267. The van der Waals surface area contributed by atoms with Crippen molar-refractivity contribution in [1.29, 1.82) is 0 Å². The molecule has 2 unspecified atom stereocenters. The molecule has 2 atom stereocenters. The average molecular weight is 598 g/mol. The van der Waals surface area contributed by atoms with E-state index in [4.69, 9.17) is 16.5 Å². The van der Waals surface area contributed by atoms with Gasteiger partial charge in [0.05, 0.1) is 17.6 Å². The summed E-state index contributed by atoms with van der Waals surface area (Å²) in [4.78, 5) is 24.9. The minimum atomic E-state index is -3.75. The number of aromatic amines is 1. The number of fused-ring (bicyclic) bond motifs is 3. The number of sulfone groups is 1. The van der Waals surface area contributed by atoms with Crippen LogP contribution in [0, 0.1) is 0 Å². The quantitative estimate of drug-likeness (QED) is 0.265. The van der Waals surface area contributed by atoms with Gasteiger partial charge in [0.2, 0.25) is 0 Å². The van der Waals surface area contributed by atoms with Crippen LogP contribution in [0.4, 0.5) is 5.82 Å². The number of pyridine rings is 1. The zero-order valence-corrected chi connectivity index (χ0v) is 24.3. The van der Waals surface area contributed by atoms with Crippen LogP contribution in [0.1, 0.15) is 53.5 Å². The van der Waals surface area contributed by atoms with Gasteiger partial charge in [-0.25, -0.2) is 13.4 Å². The molecule has 2 bridgehead atoms. The molecule has 7 rings (SSSR count). The van der Waals surface area contributed by atoms with Crippen molar-refractivity contribution in [2.45, 2.75) is 55.1 Å². The zero-order valence-electron chi connectivity index (χ0n) is 23.5. The van der Waals surface area contributed by atoms with Crippen molar-refractivity contribution in [3.8, 4) is 22.4 Å². The molecule has 0 radical (unpaired) electrons. The van der Waals surface area contributed by atoms with Crippen LogP contribution < -0.4 is 11.5 Å². The monoisotopic (exact) mass is 597 g/mol. The number of benzene rings is 1. The van der Waals surface area contributed by atoms with Gasteiger partial charge in [0.15, 0.2) is 15.5 Å². The van der Waals surface area contributed by atoms with E-state index < -0.39 is 9.84 Å². The minimum Gasteiger partial charge on any atom is -0.382 e. The van der Waals surface area contributed by atoms with Crippen LogP contribution >= 0.6 is 0 Å². The predicted octanol–water partition coefficient (Wildman–Crippen LogP) is 3.18. The molecule has 1 amide bonds. The Morgan fingerprint density at radius 3 is 2.42 bits per heavy atom. The Kier molecular flexibility index (Phi) is 6.51. The molecule has 2 aliphatic rings. The highest BCUT2D eigenvalue weighted by Gasteiger charge is 2.46. The van der Waals surface area contributed by atoms with Crippen LogP contribution in [-0.2, 0) is 16.4 Å². The molecule has 0 spiro atoms. The van der Waals surface area contributed by atoms with E-state index in [-0.39, 0.29) is 41.2 Å². The highest BCUT2D eigenvalue weighted by atomic mass is 32.2. The van der Waals surface area contributed by atoms with Gasteiger partial charge in [0.1, 0.15) is 16.4 Å². The molecule has 2 fully saturated rings. The molecule has 5 N–H and O–H groups in total. The number of hydrogen-bond acceptors (Lipinski definition) is 9. The second-order valence-electron chi connectivity index (χ2n) is 11.3. The Labute approximate surface area is 248 Å². The van der Waals surface area contributed by atoms with Gasteiger partial charge >= 0.3 is 0 Å². The van der Waals surface area contributed by atoms with Gasteiger partial charge in [0.25, 0.3) is 5.91 Å². The lowest BCUT2D eigenvalue weighted by Crippen LogP contribution is -2.46. The Morgan fingerprint density at radius 2 is 1.79 bits per heavy atom. The standard InChI is InChI=1S/C30H31N9O3S/c1-43(41,42)27-26(19-11-21-8-9-22(12-19)38(21)30(40)25-13-20(14-31)36-37-25)35-29-23(16-34-39(29)28(27)32)18-7-10-24(33-15-18)17-5-3-2-4-6-17/h2-7,10,13,15-16,19,21-22H,8-9,11-12,14,31-32H2,1H3,(H,36,37). The molecule has 4 aromatic heterocycles. The molecule has 13 heteroatoms. The minimum absolute atomic E-state index is 0.00346. The Bertz CT molecular complexity index is 1940. The van der Waals surface area contributed by atoms with Crippen molar-refractivity contribution in [1.82, 2.24) is 34.7 Å². The maximum Gasteiger partial charge on any atom is 0.274 e. The first-order valence-corrected chi connectivity index (χ1v) is 16.1. The normalized spacial score (nSPS) is 20.1. The average Bonchev–Trinajstić information content (AvgIpc) is 3.73. The first-order chi connectivity index (χ1) is 20.7. The number of carbonyl (C=O) groups excluding carboxylic acids is 1. The predicted molar refractivity (Wildman–Crippen MR) is 161 cm³/mol. The third kappa shape index (κ3) is 4.64. The smallest absolute Gasteiger partial charge is 0.274 e. The number of hydrogen-bond donors (Lipinski definition) is 3. The number of nitrogen functional groups attached to an aromatic ring is 1. The first kappa shape index (κ1) is 27.2. The first-order valence-electron chi connectivity index (χ1n) is 14.2. The fourth-order valence-electron chi connectivity index (χ4n) is 6.65. The number of amides is 1. The van der Waals surface area contributed by atoms with Crippen LogP contribution in [0.25, 0.3) is 28.0 Å². The van der Waals surface area contributed by atoms with Crippen LogP contribution in [0.15, 0.2) is 65.8 Å². The van der Waals surface area contributed by atoms with Crippen LogP contribution in [-0.4, -0.2) is 67.3 Å². The number of piperidine rings is 1. The number of aromatic nitrogens is 6. The summed E-state index contributed by atoms with van der Waals surface area (Å²) < 4.78 is 27.6. The Balaban J connectivity index is 1.26. The number of nitrogens with zero attached hydrogens (tertiary/aromatic N) is 6. The fraction of sp³-hybridized carbons (Fsp3) is 0.300. The highest BCUT2D eigenvalue weighted by Crippen LogP contribution is 2.45. The van der Waals surface area contributed by atoms with Gasteiger partial charge in [-0.3, -0.25) is 14.9 Å². The van der Waals surface area contributed by atoms with Gasteiger partial charge in [-0.15, -0.1) is 0 Å². The van der Waals surface area contributed by atoms with Gasteiger partial charge < -0.3 is 16.4 Å². The third-order valence-electron chi connectivity index (χ3n) is 8.60. The van der Waals surface area contributed by atoms with Crippen LogP contribution in [0.3, 0.4) is 0 Å². The Morgan fingerprint density at radius 1 is 1.05 bits per heavy atom. The number of H-pyrrole nitrogens is 1. The van der Waals surface area contributed by atoms with E-state index in [0.717, 1.165) is 35.9 Å². The molecule has 6 heterocycles. The molecule has 0 aliphatic carbocycles. The number of anilines is 1. The lowest BCUT2D eigenvalue weighted by molar-refractivity contribution is 0.0562.